The molecule has 0 saturated carbocycles. The average Bonchev–Trinajstić information content (AvgIpc) is 2.45. The van der Waals surface area contributed by atoms with E-state index >= 15 is 0 Å². The molecular weight excluding hydrogens is 234 g/mol. The lowest BCUT2D eigenvalue weighted by atomic mass is 9.77. The van der Waals surface area contributed by atoms with Crippen molar-refractivity contribution in [1.29, 1.82) is 0 Å². The van der Waals surface area contributed by atoms with Gasteiger partial charge in [-0.05, 0) is 30.7 Å². The molecule has 2 atom stereocenters. The molecule has 0 radical (unpaired) electrons. The Morgan fingerprint density at radius 3 is 2.84 bits per heavy atom. The van der Waals surface area contributed by atoms with Crippen LogP contribution in [0.25, 0.3) is 0 Å². The second-order valence-corrected chi connectivity index (χ2v) is 5.81. The summed E-state index contributed by atoms with van der Waals surface area (Å²) >= 11 is 0. The number of rotatable bonds is 2. The Kier molecular flexibility index (Phi) is 3.41. The Bertz CT molecular complexity index is 491. The lowest BCUT2D eigenvalue weighted by Gasteiger charge is -2.41. The number of benzene rings is 1. The van der Waals surface area contributed by atoms with E-state index in [1.807, 2.05) is 23.1 Å². The molecule has 1 amide bonds. The van der Waals surface area contributed by atoms with Crippen LogP contribution in [0.4, 0.5) is 0 Å². The first kappa shape index (κ1) is 12.5. The highest BCUT2D eigenvalue weighted by atomic mass is 16.2. The second-order valence-electron chi connectivity index (χ2n) is 5.81. The molecule has 2 nitrogen and oxygen atoms in total. The number of nitrogens with zero attached hydrogens (tertiary/aromatic N) is 1. The van der Waals surface area contributed by atoms with Crippen molar-refractivity contribution < 1.29 is 4.79 Å². The zero-order valence-corrected chi connectivity index (χ0v) is 11.5. The van der Waals surface area contributed by atoms with Gasteiger partial charge >= 0.3 is 0 Å². The predicted octanol–water partition coefficient (Wildman–Crippen LogP) is 3.74. The monoisotopic (exact) mass is 255 g/mol. The van der Waals surface area contributed by atoms with Gasteiger partial charge < -0.3 is 4.90 Å². The predicted molar refractivity (Wildman–Crippen MR) is 76.2 cm³/mol. The van der Waals surface area contributed by atoms with Gasteiger partial charge in [0, 0.05) is 18.0 Å². The van der Waals surface area contributed by atoms with Crippen LogP contribution in [0.3, 0.4) is 0 Å². The fourth-order valence-electron chi connectivity index (χ4n) is 3.39. The molecule has 1 aromatic rings. The molecule has 0 spiro atoms. The standard InChI is InChI=1S/C17H21NO/c1-13-11-17(19)18(12-14-7-3-2-4-8-14)16-10-6-5-9-15(13)16/h2-4,7-8,10,13,15H,5-6,9,11-12H2,1H3. The molecule has 2 heteroatoms. The summed E-state index contributed by atoms with van der Waals surface area (Å²) in [4.78, 5) is 14.4. The van der Waals surface area contributed by atoms with E-state index in [1.165, 1.54) is 24.1 Å². The maximum Gasteiger partial charge on any atom is 0.227 e. The van der Waals surface area contributed by atoms with Gasteiger partial charge in [0.2, 0.25) is 5.91 Å². The summed E-state index contributed by atoms with van der Waals surface area (Å²) in [5, 5.41) is 0. The molecule has 100 valence electrons. The van der Waals surface area contributed by atoms with E-state index in [2.05, 4.69) is 25.1 Å². The van der Waals surface area contributed by atoms with Crippen molar-refractivity contribution in [2.75, 3.05) is 0 Å². The number of hydrogen-bond donors (Lipinski definition) is 0. The fraction of sp³-hybridized carbons (Fsp3) is 0.471. The van der Waals surface area contributed by atoms with Crippen molar-refractivity contribution in [3.63, 3.8) is 0 Å². The minimum atomic E-state index is 0.292. The van der Waals surface area contributed by atoms with E-state index in [1.54, 1.807) is 0 Å². The number of fused-ring (bicyclic) bond motifs is 1. The van der Waals surface area contributed by atoms with Crippen LogP contribution in [0.15, 0.2) is 42.1 Å². The SMILES string of the molecule is CC1CC(=O)N(Cc2ccccc2)C2=CCCCC21. The molecule has 3 rings (SSSR count). The minimum absolute atomic E-state index is 0.292. The fourth-order valence-corrected chi connectivity index (χ4v) is 3.39. The Balaban J connectivity index is 1.86. The third-order valence-electron chi connectivity index (χ3n) is 4.43. The molecule has 1 aliphatic carbocycles. The Hall–Kier alpha value is -1.57. The first-order valence-corrected chi connectivity index (χ1v) is 7.30. The van der Waals surface area contributed by atoms with E-state index in [0.29, 0.717) is 24.2 Å². The third kappa shape index (κ3) is 2.44. The highest BCUT2D eigenvalue weighted by Gasteiger charge is 2.36. The van der Waals surface area contributed by atoms with Crippen LogP contribution in [-0.4, -0.2) is 10.8 Å². The molecule has 1 fully saturated rings. The van der Waals surface area contributed by atoms with Gasteiger partial charge in [-0.1, -0.05) is 43.3 Å². The van der Waals surface area contributed by atoms with Crippen molar-refractivity contribution in [3.05, 3.63) is 47.7 Å². The molecule has 1 aromatic carbocycles. The average molecular weight is 255 g/mol. The normalized spacial score (nSPS) is 26.9. The Labute approximate surface area is 115 Å². The van der Waals surface area contributed by atoms with Crippen LogP contribution in [0.5, 0.6) is 0 Å². The first-order chi connectivity index (χ1) is 9.25. The summed E-state index contributed by atoms with van der Waals surface area (Å²) in [6, 6.07) is 10.3. The van der Waals surface area contributed by atoms with E-state index < -0.39 is 0 Å². The van der Waals surface area contributed by atoms with Gasteiger partial charge in [-0.25, -0.2) is 0 Å². The third-order valence-corrected chi connectivity index (χ3v) is 4.43. The molecule has 0 N–H and O–H groups in total. The lowest BCUT2D eigenvalue weighted by molar-refractivity contribution is -0.134. The number of piperidine rings is 1. The van der Waals surface area contributed by atoms with Crippen LogP contribution >= 0.6 is 0 Å². The minimum Gasteiger partial charge on any atom is -0.312 e. The van der Waals surface area contributed by atoms with E-state index in [9.17, 15) is 4.79 Å². The van der Waals surface area contributed by atoms with Crippen molar-refractivity contribution in [1.82, 2.24) is 4.90 Å². The first-order valence-electron chi connectivity index (χ1n) is 7.30. The molecule has 2 unspecified atom stereocenters. The smallest absolute Gasteiger partial charge is 0.227 e. The quantitative estimate of drug-likeness (QED) is 0.788. The molecule has 2 aliphatic rings. The van der Waals surface area contributed by atoms with Crippen molar-refractivity contribution in [2.24, 2.45) is 11.8 Å². The molecule has 0 bridgehead atoms. The summed E-state index contributed by atoms with van der Waals surface area (Å²) in [7, 11) is 0. The van der Waals surface area contributed by atoms with E-state index in [-0.39, 0.29) is 0 Å². The number of carbonyl (C=O) groups excluding carboxylic acids is 1. The summed E-state index contributed by atoms with van der Waals surface area (Å²) < 4.78 is 0. The number of hydrogen-bond acceptors (Lipinski definition) is 1. The van der Waals surface area contributed by atoms with Crippen LogP contribution in [0, 0.1) is 11.8 Å². The molecule has 1 saturated heterocycles. The molecule has 19 heavy (non-hydrogen) atoms. The molecule has 1 heterocycles. The van der Waals surface area contributed by atoms with Crippen LogP contribution in [-0.2, 0) is 11.3 Å². The summed E-state index contributed by atoms with van der Waals surface area (Å²) in [6.07, 6.45) is 6.63. The van der Waals surface area contributed by atoms with Crippen LogP contribution < -0.4 is 0 Å². The zero-order valence-electron chi connectivity index (χ0n) is 11.5. The highest BCUT2D eigenvalue weighted by molar-refractivity contribution is 5.79. The van der Waals surface area contributed by atoms with E-state index in [0.717, 1.165) is 13.0 Å². The summed E-state index contributed by atoms with van der Waals surface area (Å²) in [6.45, 7) is 2.95. The van der Waals surface area contributed by atoms with Gasteiger partial charge in [-0.2, -0.15) is 0 Å². The van der Waals surface area contributed by atoms with Gasteiger partial charge in [0.05, 0.1) is 6.54 Å². The van der Waals surface area contributed by atoms with Crippen LogP contribution in [0.1, 0.15) is 38.2 Å². The topological polar surface area (TPSA) is 20.3 Å². The number of amides is 1. The lowest BCUT2D eigenvalue weighted by Crippen LogP contribution is -2.42. The maximum atomic E-state index is 12.3. The van der Waals surface area contributed by atoms with Gasteiger partial charge in [-0.3, -0.25) is 4.79 Å². The van der Waals surface area contributed by atoms with Crippen LogP contribution in [0.2, 0.25) is 0 Å². The van der Waals surface area contributed by atoms with Crippen molar-refractivity contribution in [2.45, 2.75) is 39.2 Å². The summed E-state index contributed by atoms with van der Waals surface area (Å²) in [5.41, 5.74) is 2.51. The molecule has 0 aromatic heterocycles. The zero-order chi connectivity index (χ0) is 13.2. The van der Waals surface area contributed by atoms with Gasteiger partial charge in [0.1, 0.15) is 0 Å². The largest absolute Gasteiger partial charge is 0.312 e. The Morgan fingerprint density at radius 1 is 1.26 bits per heavy atom. The summed E-state index contributed by atoms with van der Waals surface area (Å²) in [5.74, 6) is 1.39. The maximum absolute atomic E-state index is 12.3. The number of likely N-dealkylation sites (tertiary alicyclic amines) is 1. The highest BCUT2D eigenvalue weighted by Crippen LogP contribution is 2.39. The van der Waals surface area contributed by atoms with Gasteiger partial charge in [0.25, 0.3) is 0 Å². The molecule has 1 aliphatic heterocycles. The van der Waals surface area contributed by atoms with Gasteiger partial charge in [0.15, 0.2) is 0 Å². The van der Waals surface area contributed by atoms with Gasteiger partial charge in [-0.15, -0.1) is 0 Å². The van der Waals surface area contributed by atoms with E-state index in [4.69, 9.17) is 0 Å². The second kappa shape index (κ2) is 5.20. The number of allylic oxidation sites excluding steroid dienone is 2. The molecular formula is C17H21NO. The van der Waals surface area contributed by atoms with Crippen molar-refractivity contribution in [3.8, 4) is 0 Å². The number of carbonyl (C=O) groups is 1. The van der Waals surface area contributed by atoms with Crippen molar-refractivity contribution >= 4 is 5.91 Å². The Morgan fingerprint density at radius 2 is 2.05 bits per heavy atom.